The predicted octanol–water partition coefficient (Wildman–Crippen LogP) is 5.28. The van der Waals surface area contributed by atoms with Crippen molar-refractivity contribution in [2.45, 2.75) is 49.1 Å². The van der Waals surface area contributed by atoms with E-state index >= 15 is 0 Å². The van der Waals surface area contributed by atoms with E-state index in [1.165, 1.54) is 24.5 Å². The zero-order valence-corrected chi connectivity index (χ0v) is 23.2. The number of fused-ring (bicyclic) bond motifs is 1. The molecule has 1 aliphatic rings. The standard InChI is InChI=1S/C26H27ClFN5O3S2/c1-16-5-7-19(8-6-16)38(35,36)33-14-21(20-10-17(27)12-30-25(20)33)23-29-13-22(28)24(32-23)31-18-4-3-9-26(34,11-18)15-37-2/h5-8,10,12-14,18,34H,3-4,9,11,15H2,1-2H3,(H,29,31,32)/t18-,26+/m0/s1. The number of nitrogens with zero attached hydrogens (tertiary/aromatic N) is 4. The second-order valence-electron chi connectivity index (χ2n) is 9.67. The number of hydrogen-bond donors (Lipinski definition) is 2. The van der Waals surface area contributed by atoms with Crippen LogP contribution in [0.25, 0.3) is 22.4 Å². The molecule has 0 bridgehead atoms. The Morgan fingerprint density at radius 2 is 2.03 bits per heavy atom. The highest BCUT2D eigenvalue weighted by Gasteiger charge is 2.34. The van der Waals surface area contributed by atoms with Crippen LogP contribution in [0.4, 0.5) is 10.2 Å². The van der Waals surface area contributed by atoms with Gasteiger partial charge in [-0.3, -0.25) is 0 Å². The molecule has 12 heteroatoms. The van der Waals surface area contributed by atoms with E-state index in [0.717, 1.165) is 28.6 Å². The SMILES string of the molecule is CSC[C@@]1(O)CCC[C@H](Nc2nc(-c3cn(S(=O)(=O)c4ccc(C)cc4)c4ncc(Cl)cc34)ncc2F)C1. The monoisotopic (exact) mass is 575 g/mol. The maximum absolute atomic E-state index is 14.8. The number of nitrogens with one attached hydrogen (secondary N) is 1. The molecule has 0 radical (unpaired) electrons. The first-order chi connectivity index (χ1) is 18.1. The van der Waals surface area contributed by atoms with Gasteiger partial charge in [0.25, 0.3) is 10.0 Å². The second kappa shape index (κ2) is 10.4. The lowest BCUT2D eigenvalue weighted by Gasteiger charge is -2.37. The molecule has 5 rings (SSSR count). The van der Waals surface area contributed by atoms with Gasteiger partial charge in [-0.25, -0.2) is 31.7 Å². The Kier molecular flexibility index (Phi) is 7.38. The zero-order chi connectivity index (χ0) is 27.1. The molecule has 0 unspecified atom stereocenters. The Morgan fingerprint density at radius 1 is 1.26 bits per heavy atom. The fourth-order valence-electron chi connectivity index (χ4n) is 4.89. The molecule has 8 nitrogen and oxygen atoms in total. The predicted molar refractivity (Wildman–Crippen MR) is 149 cm³/mol. The van der Waals surface area contributed by atoms with E-state index in [9.17, 15) is 17.9 Å². The summed E-state index contributed by atoms with van der Waals surface area (Å²) in [5.74, 6) is 0.0763. The quantitative estimate of drug-likeness (QED) is 0.306. The highest BCUT2D eigenvalue weighted by atomic mass is 35.5. The average Bonchev–Trinajstić information content (AvgIpc) is 3.25. The van der Waals surface area contributed by atoms with Crippen molar-refractivity contribution in [3.63, 3.8) is 0 Å². The van der Waals surface area contributed by atoms with Crippen LogP contribution in [0, 0.1) is 12.7 Å². The van der Waals surface area contributed by atoms with E-state index < -0.39 is 21.4 Å². The molecule has 38 heavy (non-hydrogen) atoms. The van der Waals surface area contributed by atoms with Crippen molar-refractivity contribution in [3.8, 4) is 11.4 Å². The first kappa shape index (κ1) is 26.9. The number of halogens is 2. The van der Waals surface area contributed by atoms with Crippen molar-refractivity contribution in [2.24, 2.45) is 0 Å². The summed E-state index contributed by atoms with van der Waals surface area (Å²) < 4.78 is 43.0. The molecule has 3 heterocycles. The minimum absolute atomic E-state index is 0.00863. The zero-order valence-electron chi connectivity index (χ0n) is 20.9. The molecule has 0 aliphatic heterocycles. The van der Waals surface area contributed by atoms with E-state index in [1.54, 1.807) is 30.0 Å². The van der Waals surface area contributed by atoms with Crippen molar-refractivity contribution in [1.29, 1.82) is 0 Å². The largest absolute Gasteiger partial charge is 0.389 e. The Balaban J connectivity index is 1.56. The van der Waals surface area contributed by atoms with Gasteiger partial charge in [-0.1, -0.05) is 29.3 Å². The molecule has 1 fully saturated rings. The van der Waals surface area contributed by atoms with Gasteiger partial charge in [-0.05, 0) is 57.1 Å². The van der Waals surface area contributed by atoms with Crippen LogP contribution in [0.15, 0.2) is 53.8 Å². The van der Waals surface area contributed by atoms with Gasteiger partial charge in [0.05, 0.1) is 21.7 Å². The fourth-order valence-corrected chi connectivity index (χ4v) is 7.18. The highest BCUT2D eigenvalue weighted by Crippen LogP contribution is 2.35. The van der Waals surface area contributed by atoms with E-state index in [2.05, 4.69) is 20.3 Å². The molecule has 0 amide bonds. The van der Waals surface area contributed by atoms with Gasteiger partial charge in [0.2, 0.25) is 0 Å². The Labute approximate surface area is 229 Å². The minimum atomic E-state index is -4.01. The molecule has 4 aromatic rings. The van der Waals surface area contributed by atoms with Crippen LogP contribution >= 0.6 is 23.4 Å². The van der Waals surface area contributed by atoms with E-state index in [-0.39, 0.29) is 28.2 Å². The van der Waals surface area contributed by atoms with Gasteiger partial charge in [-0.2, -0.15) is 11.8 Å². The normalized spacial score (nSPS) is 20.1. The van der Waals surface area contributed by atoms with Crippen molar-refractivity contribution >= 4 is 50.2 Å². The van der Waals surface area contributed by atoms with Gasteiger partial charge in [0.15, 0.2) is 23.1 Å². The fraction of sp³-hybridized carbons (Fsp3) is 0.346. The van der Waals surface area contributed by atoms with Gasteiger partial charge in [0, 0.05) is 35.1 Å². The molecule has 3 aromatic heterocycles. The number of hydrogen-bond acceptors (Lipinski definition) is 8. The number of aliphatic hydroxyl groups is 1. The van der Waals surface area contributed by atoms with Gasteiger partial charge < -0.3 is 10.4 Å². The van der Waals surface area contributed by atoms with Crippen LogP contribution in [0.2, 0.25) is 5.02 Å². The molecule has 2 atom stereocenters. The van der Waals surface area contributed by atoms with Gasteiger partial charge in [-0.15, -0.1) is 0 Å². The number of pyridine rings is 1. The smallest absolute Gasteiger partial charge is 0.269 e. The second-order valence-corrected chi connectivity index (χ2v) is 12.8. The Morgan fingerprint density at radius 3 is 2.76 bits per heavy atom. The van der Waals surface area contributed by atoms with Crippen molar-refractivity contribution < 1.29 is 17.9 Å². The summed E-state index contributed by atoms with van der Waals surface area (Å²) >= 11 is 7.79. The van der Waals surface area contributed by atoms with Crippen molar-refractivity contribution in [1.82, 2.24) is 18.9 Å². The van der Waals surface area contributed by atoms with Crippen LogP contribution in [0.3, 0.4) is 0 Å². The summed E-state index contributed by atoms with van der Waals surface area (Å²) in [5, 5.41) is 14.7. The van der Waals surface area contributed by atoms with Crippen LogP contribution in [-0.2, 0) is 10.0 Å². The first-order valence-corrected chi connectivity index (χ1v) is 15.3. The van der Waals surface area contributed by atoms with Crippen LogP contribution < -0.4 is 5.32 Å². The molecule has 1 saturated carbocycles. The van der Waals surface area contributed by atoms with Crippen LogP contribution in [0.5, 0.6) is 0 Å². The Bertz CT molecular complexity index is 1590. The highest BCUT2D eigenvalue weighted by molar-refractivity contribution is 7.98. The van der Waals surface area contributed by atoms with Crippen molar-refractivity contribution in [3.05, 3.63) is 65.3 Å². The lowest BCUT2D eigenvalue weighted by Crippen LogP contribution is -2.42. The molecule has 2 N–H and O–H groups in total. The molecular formula is C26H27ClFN5O3S2. The molecule has 0 saturated heterocycles. The number of anilines is 1. The summed E-state index contributed by atoms with van der Waals surface area (Å²) in [5.41, 5.74) is 0.608. The van der Waals surface area contributed by atoms with Crippen LogP contribution in [-0.4, -0.2) is 56.1 Å². The van der Waals surface area contributed by atoms with Crippen molar-refractivity contribution in [2.75, 3.05) is 17.3 Å². The summed E-state index contributed by atoms with van der Waals surface area (Å²) in [4.78, 5) is 13.0. The molecule has 1 aromatic carbocycles. The van der Waals surface area contributed by atoms with Crippen LogP contribution in [0.1, 0.15) is 31.2 Å². The molecule has 0 spiro atoms. The number of benzene rings is 1. The number of aryl methyl sites for hydroxylation is 1. The van der Waals surface area contributed by atoms with Gasteiger partial charge in [0.1, 0.15) is 0 Å². The summed E-state index contributed by atoms with van der Waals surface area (Å²) in [6, 6.07) is 7.92. The third kappa shape index (κ3) is 5.25. The molecular weight excluding hydrogens is 549 g/mol. The molecule has 1 aliphatic carbocycles. The van der Waals surface area contributed by atoms with E-state index in [1.807, 2.05) is 13.2 Å². The third-order valence-electron chi connectivity index (χ3n) is 6.72. The first-order valence-electron chi connectivity index (χ1n) is 12.1. The lowest BCUT2D eigenvalue weighted by atomic mass is 9.83. The third-order valence-corrected chi connectivity index (χ3v) is 9.41. The molecule has 200 valence electrons. The average molecular weight is 576 g/mol. The minimum Gasteiger partial charge on any atom is -0.389 e. The number of thioether (sulfide) groups is 1. The number of rotatable bonds is 7. The maximum atomic E-state index is 14.8. The lowest BCUT2D eigenvalue weighted by molar-refractivity contribution is 0.0229. The summed E-state index contributed by atoms with van der Waals surface area (Å²) in [7, 11) is -4.01. The maximum Gasteiger partial charge on any atom is 0.269 e. The summed E-state index contributed by atoms with van der Waals surface area (Å²) in [6.07, 6.45) is 8.50. The van der Waals surface area contributed by atoms with E-state index in [4.69, 9.17) is 11.6 Å². The van der Waals surface area contributed by atoms with E-state index in [0.29, 0.717) is 34.6 Å². The van der Waals surface area contributed by atoms with Gasteiger partial charge >= 0.3 is 0 Å². The summed E-state index contributed by atoms with van der Waals surface area (Å²) in [6.45, 7) is 1.87. The Hall–Kier alpha value is -2.73. The number of aromatic nitrogens is 4. The topological polar surface area (TPSA) is 110 Å².